The molecule has 0 spiro atoms. The van der Waals surface area contributed by atoms with Crippen molar-refractivity contribution in [2.75, 3.05) is 0 Å². The van der Waals surface area contributed by atoms with Crippen molar-refractivity contribution in [1.82, 2.24) is 24.7 Å². The Morgan fingerprint density at radius 3 is 2.35 bits per heavy atom. The zero-order valence-electron chi connectivity index (χ0n) is 16.7. The number of nitrogens with zero attached hydrogens (tertiary/aromatic N) is 5. The van der Waals surface area contributed by atoms with E-state index in [1.165, 1.54) is 0 Å². The third-order valence-corrected chi connectivity index (χ3v) is 5.03. The average Bonchev–Trinajstić information content (AvgIpc) is 3.24. The van der Waals surface area contributed by atoms with Gasteiger partial charge in [0, 0.05) is 34.8 Å². The van der Waals surface area contributed by atoms with Crippen LogP contribution >= 0.6 is 0 Å². The van der Waals surface area contributed by atoms with Gasteiger partial charge < -0.3 is 5.73 Å². The van der Waals surface area contributed by atoms with Crippen LogP contribution in [0.25, 0.3) is 39.4 Å². The fourth-order valence-corrected chi connectivity index (χ4v) is 3.48. The second kappa shape index (κ2) is 7.46. The van der Waals surface area contributed by atoms with E-state index in [4.69, 9.17) is 10.8 Å². The minimum absolute atomic E-state index is 0.455. The summed E-state index contributed by atoms with van der Waals surface area (Å²) in [7, 11) is 0. The monoisotopic (exact) mass is 406 g/mol. The first-order valence-electron chi connectivity index (χ1n) is 9.74. The van der Waals surface area contributed by atoms with Gasteiger partial charge in [-0.2, -0.15) is 5.10 Å². The summed E-state index contributed by atoms with van der Waals surface area (Å²) in [6.07, 6.45) is 3.36. The summed E-state index contributed by atoms with van der Waals surface area (Å²) in [6.45, 7) is 1.95. The van der Waals surface area contributed by atoms with Crippen molar-refractivity contribution in [3.05, 3.63) is 90.4 Å². The van der Waals surface area contributed by atoms with Crippen LogP contribution in [0.1, 0.15) is 16.1 Å². The van der Waals surface area contributed by atoms with Gasteiger partial charge in [0.1, 0.15) is 0 Å². The summed E-state index contributed by atoms with van der Waals surface area (Å²) in [5.41, 5.74) is 11.8. The number of benzene rings is 2. The van der Waals surface area contributed by atoms with Crippen molar-refractivity contribution in [3.8, 4) is 28.3 Å². The van der Waals surface area contributed by atoms with Gasteiger partial charge in [0.25, 0.3) is 0 Å². The van der Waals surface area contributed by atoms with Crippen LogP contribution < -0.4 is 5.73 Å². The molecule has 3 aromatic heterocycles. The summed E-state index contributed by atoms with van der Waals surface area (Å²) in [4.78, 5) is 24.8. The van der Waals surface area contributed by atoms with E-state index in [2.05, 4.69) is 15.0 Å². The molecule has 5 rings (SSSR count). The summed E-state index contributed by atoms with van der Waals surface area (Å²) in [5, 5.41) is 4.82. The third-order valence-electron chi connectivity index (χ3n) is 5.03. The molecule has 0 aliphatic heterocycles. The number of aromatic nitrogens is 5. The average molecular weight is 406 g/mol. The normalized spacial score (nSPS) is 11.0. The van der Waals surface area contributed by atoms with Crippen LogP contribution in [0.3, 0.4) is 0 Å². The number of rotatable bonds is 4. The van der Waals surface area contributed by atoms with Crippen LogP contribution in [0, 0.1) is 6.92 Å². The van der Waals surface area contributed by atoms with E-state index >= 15 is 0 Å². The smallest absolute Gasteiger partial charge is 0.248 e. The van der Waals surface area contributed by atoms with Crippen LogP contribution in [-0.2, 0) is 0 Å². The minimum Gasteiger partial charge on any atom is -0.366 e. The highest BCUT2D eigenvalue weighted by molar-refractivity contribution is 5.93. The molecule has 0 unspecified atom stereocenters. The number of primary amides is 1. The topological polar surface area (TPSA) is 99.6 Å². The molecule has 0 radical (unpaired) electrons. The first kappa shape index (κ1) is 18.6. The lowest BCUT2D eigenvalue weighted by molar-refractivity contribution is 0.100. The van der Waals surface area contributed by atoms with Crippen LogP contribution in [0.2, 0.25) is 0 Å². The molecule has 0 atom stereocenters. The van der Waals surface area contributed by atoms with E-state index in [0.29, 0.717) is 11.4 Å². The Morgan fingerprint density at radius 1 is 0.871 bits per heavy atom. The summed E-state index contributed by atoms with van der Waals surface area (Å²) in [6, 6.07) is 20.8. The van der Waals surface area contributed by atoms with E-state index < -0.39 is 5.91 Å². The fourth-order valence-electron chi connectivity index (χ4n) is 3.48. The second-order valence-electron chi connectivity index (χ2n) is 7.17. The quantitative estimate of drug-likeness (QED) is 0.487. The Labute approximate surface area is 178 Å². The molecule has 2 N–H and O–H groups in total. The predicted molar refractivity (Wildman–Crippen MR) is 119 cm³/mol. The number of fused-ring (bicyclic) bond motifs is 1. The third kappa shape index (κ3) is 3.53. The van der Waals surface area contributed by atoms with Crippen molar-refractivity contribution in [1.29, 1.82) is 0 Å². The van der Waals surface area contributed by atoms with Crippen LogP contribution in [-0.4, -0.2) is 30.6 Å². The van der Waals surface area contributed by atoms with E-state index in [9.17, 15) is 4.79 Å². The Hall–Kier alpha value is -4.39. The molecule has 0 saturated carbocycles. The maximum Gasteiger partial charge on any atom is 0.248 e. The van der Waals surface area contributed by atoms with Crippen molar-refractivity contribution in [2.45, 2.75) is 6.92 Å². The van der Waals surface area contributed by atoms with Crippen LogP contribution in [0.15, 0.2) is 79.1 Å². The van der Waals surface area contributed by atoms with Gasteiger partial charge in [-0.3, -0.25) is 14.8 Å². The lowest BCUT2D eigenvalue weighted by Crippen LogP contribution is -2.10. The van der Waals surface area contributed by atoms with Crippen molar-refractivity contribution in [3.63, 3.8) is 0 Å². The van der Waals surface area contributed by atoms with Crippen molar-refractivity contribution < 1.29 is 4.79 Å². The molecule has 5 aromatic rings. The Bertz CT molecular complexity index is 1420. The molecule has 2 aromatic carbocycles. The van der Waals surface area contributed by atoms with E-state index in [1.807, 2.05) is 66.2 Å². The fraction of sp³-hybridized carbons (Fsp3) is 0.0417. The largest absolute Gasteiger partial charge is 0.366 e. The van der Waals surface area contributed by atoms with Crippen LogP contribution in [0.5, 0.6) is 0 Å². The molecule has 7 heteroatoms. The van der Waals surface area contributed by atoms with Gasteiger partial charge in [-0.05, 0) is 49.4 Å². The maximum atomic E-state index is 11.4. The van der Waals surface area contributed by atoms with Gasteiger partial charge in [-0.15, -0.1) is 0 Å². The van der Waals surface area contributed by atoms with E-state index in [-0.39, 0.29) is 0 Å². The Balaban J connectivity index is 1.68. The lowest BCUT2D eigenvalue weighted by Gasteiger charge is -2.08. The molecule has 150 valence electrons. The highest BCUT2D eigenvalue weighted by Crippen LogP contribution is 2.30. The summed E-state index contributed by atoms with van der Waals surface area (Å²) in [5.74, 6) is 0.258. The molecule has 0 aliphatic carbocycles. The first-order chi connectivity index (χ1) is 15.1. The Kier molecular flexibility index (Phi) is 4.48. The molecule has 0 fully saturated rings. The number of amides is 1. The summed E-state index contributed by atoms with van der Waals surface area (Å²) < 4.78 is 1.82. The Morgan fingerprint density at radius 2 is 1.61 bits per heavy atom. The highest BCUT2D eigenvalue weighted by Gasteiger charge is 2.15. The molecule has 1 amide bonds. The number of pyridine rings is 1. The molecular weight excluding hydrogens is 388 g/mol. The van der Waals surface area contributed by atoms with Gasteiger partial charge >= 0.3 is 0 Å². The number of hydrogen-bond acceptors (Lipinski definition) is 5. The highest BCUT2D eigenvalue weighted by atomic mass is 16.1. The van der Waals surface area contributed by atoms with Gasteiger partial charge in [-0.1, -0.05) is 24.3 Å². The molecule has 0 saturated heterocycles. The van der Waals surface area contributed by atoms with E-state index in [0.717, 1.165) is 39.2 Å². The second-order valence-corrected chi connectivity index (χ2v) is 7.17. The van der Waals surface area contributed by atoms with Gasteiger partial charge in [0.05, 0.1) is 22.4 Å². The maximum absolute atomic E-state index is 11.4. The van der Waals surface area contributed by atoms with Gasteiger partial charge in [-0.25, -0.2) is 9.67 Å². The molecule has 3 heterocycles. The SMILES string of the molecule is Cc1cccc(-n2nc(-c3ccc(C(N)=O)cc3)cc2-c2ccc3nccnc3c2)n1. The first-order valence-corrected chi connectivity index (χ1v) is 9.74. The number of carbonyl (C=O) groups is 1. The number of nitrogens with two attached hydrogens (primary N) is 1. The minimum atomic E-state index is -0.459. The van der Waals surface area contributed by atoms with Gasteiger partial charge in [0.2, 0.25) is 5.91 Å². The van der Waals surface area contributed by atoms with Crippen molar-refractivity contribution >= 4 is 16.9 Å². The number of aryl methyl sites for hydroxylation is 1. The molecule has 7 nitrogen and oxygen atoms in total. The zero-order valence-corrected chi connectivity index (χ0v) is 16.7. The van der Waals surface area contributed by atoms with Crippen molar-refractivity contribution in [2.24, 2.45) is 5.73 Å². The van der Waals surface area contributed by atoms with E-state index in [1.54, 1.807) is 24.5 Å². The number of carbonyl (C=O) groups excluding carboxylic acids is 1. The zero-order chi connectivity index (χ0) is 21.4. The lowest BCUT2D eigenvalue weighted by atomic mass is 10.1. The van der Waals surface area contributed by atoms with Crippen LogP contribution in [0.4, 0.5) is 0 Å². The molecule has 0 bridgehead atoms. The molecule has 0 aliphatic rings. The standard InChI is InChI=1S/C24H18N6O/c1-15-3-2-4-23(28-15)30-22(18-9-10-19-21(13-18)27-12-11-26-19)14-20(29-30)16-5-7-17(8-6-16)24(25)31/h2-14H,1H3,(H2,25,31). The predicted octanol–water partition coefficient (Wildman–Crippen LogP) is 3.95. The number of hydrogen-bond donors (Lipinski definition) is 1. The molecular formula is C24H18N6O. The molecule has 31 heavy (non-hydrogen) atoms. The summed E-state index contributed by atoms with van der Waals surface area (Å²) >= 11 is 0. The van der Waals surface area contributed by atoms with Gasteiger partial charge in [0.15, 0.2) is 5.82 Å².